The van der Waals surface area contributed by atoms with Crippen molar-refractivity contribution in [1.29, 1.82) is 0 Å². The second-order valence-electron chi connectivity index (χ2n) is 7.23. The minimum atomic E-state index is -2.03. The molecule has 0 bridgehead atoms. The largest absolute Gasteiger partial charge is 0.399 e. The van der Waals surface area contributed by atoms with Gasteiger partial charge in [0.05, 0.1) is 18.7 Å². The van der Waals surface area contributed by atoms with Gasteiger partial charge in [0.25, 0.3) is 5.91 Å². The lowest BCUT2D eigenvalue weighted by Crippen LogP contribution is -2.41. The predicted molar refractivity (Wildman–Crippen MR) is 118 cm³/mol. The van der Waals surface area contributed by atoms with Crippen LogP contribution < -0.4 is 10.6 Å². The van der Waals surface area contributed by atoms with Crippen molar-refractivity contribution in [2.24, 2.45) is 0 Å². The fourth-order valence-corrected chi connectivity index (χ4v) is 4.02. The second kappa shape index (κ2) is 7.76. The summed E-state index contributed by atoms with van der Waals surface area (Å²) in [7, 11) is 0. The standard InChI is InChI=1S/C23H18Cl2N2O3/c24-16-7-10-20-18(11-16)23(30,12-21(28)14-5-8-17(26)9-6-14)22(29)27(20)13-15-3-1-2-4-19(15)25/h1-11,30H,12-13,26H2/t23-/m0/s1. The molecule has 1 amide bonds. The third-order valence-corrected chi connectivity index (χ3v) is 5.83. The second-order valence-corrected chi connectivity index (χ2v) is 8.07. The topological polar surface area (TPSA) is 83.6 Å². The van der Waals surface area contributed by atoms with Crippen LogP contribution >= 0.6 is 23.2 Å². The zero-order valence-corrected chi connectivity index (χ0v) is 17.3. The van der Waals surface area contributed by atoms with E-state index in [9.17, 15) is 14.7 Å². The number of Topliss-reactive ketones (excluding diaryl/α,β-unsaturated/α-hetero) is 1. The Balaban J connectivity index is 1.72. The lowest BCUT2D eigenvalue weighted by Gasteiger charge is -2.23. The number of nitrogens with two attached hydrogens (primary N) is 1. The van der Waals surface area contributed by atoms with E-state index in [0.717, 1.165) is 5.56 Å². The summed E-state index contributed by atoms with van der Waals surface area (Å²) < 4.78 is 0. The number of anilines is 2. The van der Waals surface area contributed by atoms with Gasteiger partial charge < -0.3 is 15.7 Å². The highest BCUT2D eigenvalue weighted by molar-refractivity contribution is 6.31. The molecule has 5 nitrogen and oxygen atoms in total. The number of nitrogens with zero attached hydrogens (tertiary/aromatic N) is 1. The number of halogens is 2. The Hall–Kier alpha value is -2.86. The highest BCUT2D eigenvalue weighted by Gasteiger charge is 2.51. The van der Waals surface area contributed by atoms with Crippen LogP contribution in [0.3, 0.4) is 0 Å². The zero-order chi connectivity index (χ0) is 21.5. The van der Waals surface area contributed by atoms with E-state index in [4.69, 9.17) is 28.9 Å². The molecule has 1 aliphatic heterocycles. The van der Waals surface area contributed by atoms with Gasteiger partial charge in [-0.1, -0.05) is 41.4 Å². The molecular formula is C23H18Cl2N2O3. The highest BCUT2D eigenvalue weighted by Crippen LogP contribution is 2.45. The van der Waals surface area contributed by atoms with Crippen molar-refractivity contribution in [3.05, 3.63) is 93.5 Å². The maximum Gasteiger partial charge on any atom is 0.264 e. The normalized spacial score (nSPS) is 17.8. The van der Waals surface area contributed by atoms with Crippen molar-refractivity contribution in [2.45, 2.75) is 18.6 Å². The molecule has 0 saturated heterocycles. The summed E-state index contributed by atoms with van der Waals surface area (Å²) in [5.41, 5.74) is 6.05. The summed E-state index contributed by atoms with van der Waals surface area (Å²) in [4.78, 5) is 27.6. The first-order chi connectivity index (χ1) is 14.3. The molecule has 7 heteroatoms. The van der Waals surface area contributed by atoms with Crippen LogP contribution in [0.15, 0.2) is 66.7 Å². The molecule has 3 aromatic rings. The Morgan fingerprint density at radius 2 is 1.73 bits per heavy atom. The number of aliphatic hydroxyl groups is 1. The molecule has 1 atom stereocenters. The fourth-order valence-electron chi connectivity index (χ4n) is 3.65. The summed E-state index contributed by atoms with van der Waals surface area (Å²) in [6.45, 7) is 0.158. The van der Waals surface area contributed by atoms with E-state index in [-0.39, 0.29) is 12.3 Å². The van der Waals surface area contributed by atoms with Crippen molar-refractivity contribution in [2.75, 3.05) is 10.6 Å². The molecule has 0 saturated carbocycles. The molecular weight excluding hydrogens is 423 g/mol. The molecule has 0 aliphatic carbocycles. The summed E-state index contributed by atoms with van der Waals surface area (Å²) in [6.07, 6.45) is -0.415. The molecule has 0 spiro atoms. The van der Waals surface area contributed by atoms with Gasteiger partial charge in [-0.05, 0) is 54.1 Å². The van der Waals surface area contributed by atoms with E-state index in [2.05, 4.69) is 0 Å². The minimum absolute atomic E-state index is 0.158. The Morgan fingerprint density at radius 1 is 1.03 bits per heavy atom. The number of ketones is 1. The number of hydrogen-bond acceptors (Lipinski definition) is 4. The molecule has 0 radical (unpaired) electrons. The van der Waals surface area contributed by atoms with E-state index in [1.165, 1.54) is 11.0 Å². The quantitative estimate of drug-likeness (QED) is 0.449. The van der Waals surface area contributed by atoms with E-state index in [0.29, 0.717) is 32.5 Å². The molecule has 30 heavy (non-hydrogen) atoms. The number of carbonyl (C=O) groups is 2. The molecule has 1 heterocycles. The van der Waals surface area contributed by atoms with Crippen LogP contribution in [0.2, 0.25) is 10.0 Å². The Labute approximate surface area is 183 Å². The van der Waals surface area contributed by atoms with Crippen LogP contribution in [-0.2, 0) is 16.9 Å². The van der Waals surface area contributed by atoms with Gasteiger partial charge in [0.2, 0.25) is 0 Å². The molecule has 0 fully saturated rings. The number of hydrogen-bond donors (Lipinski definition) is 2. The molecule has 4 rings (SSSR count). The Kier molecular flexibility index (Phi) is 5.28. The van der Waals surface area contributed by atoms with Crippen molar-refractivity contribution in [1.82, 2.24) is 0 Å². The van der Waals surface area contributed by atoms with Crippen LogP contribution in [0.5, 0.6) is 0 Å². The molecule has 0 aromatic heterocycles. The molecule has 3 aromatic carbocycles. The van der Waals surface area contributed by atoms with E-state index in [1.54, 1.807) is 48.5 Å². The summed E-state index contributed by atoms with van der Waals surface area (Å²) in [5, 5.41) is 12.3. The van der Waals surface area contributed by atoms with Crippen LogP contribution in [0, 0.1) is 0 Å². The van der Waals surface area contributed by atoms with Crippen molar-refractivity contribution in [3.63, 3.8) is 0 Å². The summed E-state index contributed by atoms with van der Waals surface area (Å²) >= 11 is 12.4. The average Bonchev–Trinajstić information content (AvgIpc) is 2.91. The lowest BCUT2D eigenvalue weighted by atomic mass is 9.88. The monoisotopic (exact) mass is 440 g/mol. The lowest BCUT2D eigenvalue weighted by molar-refractivity contribution is -0.136. The zero-order valence-electron chi connectivity index (χ0n) is 15.8. The number of carbonyl (C=O) groups excluding carboxylic acids is 2. The fraction of sp³-hybridized carbons (Fsp3) is 0.130. The Bertz CT molecular complexity index is 1150. The first-order valence-corrected chi connectivity index (χ1v) is 10.0. The first kappa shape index (κ1) is 20.4. The minimum Gasteiger partial charge on any atom is -0.399 e. The van der Waals surface area contributed by atoms with E-state index >= 15 is 0 Å². The maximum atomic E-state index is 13.3. The van der Waals surface area contributed by atoms with Gasteiger partial charge >= 0.3 is 0 Å². The first-order valence-electron chi connectivity index (χ1n) is 9.26. The average molecular weight is 441 g/mol. The van der Waals surface area contributed by atoms with Gasteiger partial charge in [-0.15, -0.1) is 0 Å². The number of amides is 1. The highest BCUT2D eigenvalue weighted by atomic mass is 35.5. The van der Waals surface area contributed by atoms with Gasteiger partial charge in [0.1, 0.15) is 0 Å². The van der Waals surface area contributed by atoms with Gasteiger partial charge in [-0.3, -0.25) is 9.59 Å². The predicted octanol–water partition coefficient (Wildman–Crippen LogP) is 4.58. The summed E-state index contributed by atoms with van der Waals surface area (Å²) in [5.74, 6) is -0.972. The molecule has 3 N–H and O–H groups in total. The number of benzene rings is 3. The van der Waals surface area contributed by atoms with Crippen LogP contribution in [0.4, 0.5) is 11.4 Å². The van der Waals surface area contributed by atoms with Crippen molar-refractivity contribution >= 4 is 46.3 Å². The molecule has 1 aliphatic rings. The third-order valence-electron chi connectivity index (χ3n) is 5.23. The number of rotatable bonds is 5. The Morgan fingerprint density at radius 3 is 2.43 bits per heavy atom. The van der Waals surface area contributed by atoms with Gasteiger partial charge in [-0.2, -0.15) is 0 Å². The molecule has 0 unspecified atom stereocenters. The number of nitrogen functional groups attached to an aromatic ring is 1. The van der Waals surface area contributed by atoms with E-state index in [1.807, 2.05) is 12.1 Å². The van der Waals surface area contributed by atoms with E-state index < -0.39 is 17.9 Å². The maximum absolute atomic E-state index is 13.3. The smallest absolute Gasteiger partial charge is 0.264 e. The van der Waals surface area contributed by atoms with Crippen LogP contribution in [-0.4, -0.2) is 16.8 Å². The van der Waals surface area contributed by atoms with Crippen LogP contribution in [0.1, 0.15) is 27.9 Å². The van der Waals surface area contributed by atoms with Crippen molar-refractivity contribution in [3.8, 4) is 0 Å². The van der Waals surface area contributed by atoms with Crippen molar-refractivity contribution < 1.29 is 14.7 Å². The van der Waals surface area contributed by atoms with Gasteiger partial charge in [0, 0.05) is 26.9 Å². The van der Waals surface area contributed by atoms with Crippen LogP contribution in [0.25, 0.3) is 0 Å². The number of fused-ring (bicyclic) bond motifs is 1. The SMILES string of the molecule is Nc1ccc(C(=O)C[C@@]2(O)C(=O)N(Cc3ccccc3Cl)c3ccc(Cl)cc32)cc1. The van der Waals surface area contributed by atoms with Gasteiger partial charge in [0.15, 0.2) is 11.4 Å². The third kappa shape index (κ3) is 3.56. The summed E-state index contributed by atoms with van der Waals surface area (Å²) in [6, 6.07) is 18.3. The molecule has 152 valence electrons. The van der Waals surface area contributed by atoms with Gasteiger partial charge in [-0.25, -0.2) is 0 Å².